The normalized spacial score (nSPS) is 10.8. The predicted octanol–water partition coefficient (Wildman–Crippen LogP) is 6.24. The molecule has 0 aliphatic rings. The average molecular weight is 382 g/mol. The Kier molecular flexibility index (Phi) is 6.11. The lowest BCUT2D eigenvalue weighted by Crippen LogP contribution is -2.28. The minimum Gasteiger partial charge on any atom is -0.304 e. The minimum atomic E-state index is -0.105. The summed E-state index contributed by atoms with van der Waals surface area (Å²) >= 11 is 11.9. The molecule has 1 amide bonds. The second-order valence-corrected chi connectivity index (χ2v) is 6.64. The van der Waals surface area contributed by atoms with Crippen LogP contribution < -0.4 is 4.90 Å². The van der Waals surface area contributed by atoms with Crippen LogP contribution >= 0.6 is 23.2 Å². The molecule has 4 heteroatoms. The van der Waals surface area contributed by atoms with Gasteiger partial charge in [0, 0.05) is 21.8 Å². The third-order valence-electron chi connectivity index (χ3n) is 3.88. The minimum absolute atomic E-state index is 0.105. The molecule has 3 rings (SSSR count). The highest BCUT2D eigenvalue weighted by Gasteiger charge is 2.14. The third-order valence-corrected chi connectivity index (χ3v) is 4.38. The van der Waals surface area contributed by atoms with Gasteiger partial charge < -0.3 is 4.90 Å². The molecule has 0 bridgehead atoms. The van der Waals surface area contributed by atoms with E-state index in [0.717, 1.165) is 16.8 Å². The Labute approximate surface area is 163 Å². The number of benzene rings is 3. The number of carbonyl (C=O) groups is 1. The monoisotopic (exact) mass is 381 g/mol. The SMILES string of the molecule is O=C(C=Cc1ccccc1)N(Cc1ccc(Cl)cc1)c1ccc(Cl)cc1. The van der Waals surface area contributed by atoms with Crippen LogP contribution in [-0.4, -0.2) is 5.91 Å². The third kappa shape index (κ3) is 4.98. The quantitative estimate of drug-likeness (QED) is 0.479. The van der Waals surface area contributed by atoms with Gasteiger partial charge in [0.2, 0.25) is 0 Å². The first-order chi connectivity index (χ1) is 12.6. The summed E-state index contributed by atoms with van der Waals surface area (Å²) in [6, 6.07) is 24.4. The predicted molar refractivity (Wildman–Crippen MR) is 110 cm³/mol. The molecule has 0 heterocycles. The van der Waals surface area contributed by atoms with Gasteiger partial charge in [0.25, 0.3) is 5.91 Å². The zero-order valence-corrected chi connectivity index (χ0v) is 15.5. The lowest BCUT2D eigenvalue weighted by molar-refractivity contribution is -0.114. The Bertz CT molecular complexity index is 888. The molecular formula is C22H17Cl2NO. The van der Waals surface area contributed by atoms with E-state index < -0.39 is 0 Å². The second kappa shape index (κ2) is 8.70. The maximum Gasteiger partial charge on any atom is 0.251 e. The van der Waals surface area contributed by atoms with Crippen LogP contribution in [0.3, 0.4) is 0 Å². The fourth-order valence-electron chi connectivity index (χ4n) is 2.51. The van der Waals surface area contributed by atoms with Gasteiger partial charge in [-0.1, -0.05) is 65.7 Å². The molecule has 3 aromatic carbocycles. The topological polar surface area (TPSA) is 20.3 Å². The lowest BCUT2D eigenvalue weighted by atomic mass is 10.1. The molecule has 0 saturated heterocycles. The Hall–Kier alpha value is -2.55. The molecule has 0 atom stereocenters. The second-order valence-electron chi connectivity index (χ2n) is 5.77. The zero-order chi connectivity index (χ0) is 18.4. The molecule has 0 fully saturated rings. The van der Waals surface area contributed by atoms with Gasteiger partial charge in [-0.15, -0.1) is 0 Å². The number of hydrogen-bond donors (Lipinski definition) is 0. The smallest absolute Gasteiger partial charge is 0.251 e. The number of halogens is 2. The van der Waals surface area contributed by atoms with Gasteiger partial charge in [-0.25, -0.2) is 0 Å². The molecule has 3 aromatic rings. The maximum absolute atomic E-state index is 12.9. The first-order valence-electron chi connectivity index (χ1n) is 8.16. The number of rotatable bonds is 5. The van der Waals surface area contributed by atoms with Crippen molar-refractivity contribution in [3.8, 4) is 0 Å². The molecule has 26 heavy (non-hydrogen) atoms. The highest BCUT2D eigenvalue weighted by Crippen LogP contribution is 2.22. The fraction of sp³-hybridized carbons (Fsp3) is 0.0455. The molecule has 0 aliphatic carbocycles. The highest BCUT2D eigenvalue weighted by molar-refractivity contribution is 6.30. The number of anilines is 1. The number of amides is 1. The Morgan fingerprint density at radius 1 is 0.808 bits per heavy atom. The molecule has 0 spiro atoms. The Morgan fingerprint density at radius 3 is 2.00 bits per heavy atom. The van der Waals surface area contributed by atoms with Crippen LogP contribution in [0.5, 0.6) is 0 Å². The summed E-state index contributed by atoms with van der Waals surface area (Å²) in [5, 5.41) is 1.30. The first-order valence-corrected chi connectivity index (χ1v) is 8.92. The van der Waals surface area contributed by atoms with E-state index in [9.17, 15) is 4.79 Å². The molecule has 0 unspecified atom stereocenters. The van der Waals surface area contributed by atoms with Crippen molar-refractivity contribution in [2.24, 2.45) is 0 Å². The van der Waals surface area contributed by atoms with Crippen LogP contribution in [0.25, 0.3) is 6.08 Å². The van der Waals surface area contributed by atoms with Crippen molar-refractivity contribution in [1.82, 2.24) is 0 Å². The van der Waals surface area contributed by atoms with Crippen molar-refractivity contribution in [1.29, 1.82) is 0 Å². The van der Waals surface area contributed by atoms with Gasteiger partial charge in [0.05, 0.1) is 6.54 Å². The van der Waals surface area contributed by atoms with Crippen LogP contribution in [0.4, 0.5) is 5.69 Å². The number of hydrogen-bond acceptors (Lipinski definition) is 1. The van der Waals surface area contributed by atoms with Gasteiger partial charge in [-0.05, 0) is 53.6 Å². The van der Waals surface area contributed by atoms with Crippen molar-refractivity contribution in [3.05, 3.63) is 106 Å². The van der Waals surface area contributed by atoms with Crippen LogP contribution in [0, 0.1) is 0 Å². The molecule has 0 radical (unpaired) electrons. The fourth-order valence-corrected chi connectivity index (χ4v) is 2.76. The van der Waals surface area contributed by atoms with Crippen LogP contribution in [0.15, 0.2) is 84.9 Å². The van der Waals surface area contributed by atoms with Crippen molar-refractivity contribution in [2.45, 2.75) is 6.54 Å². The van der Waals surface area contributed by atoms with E-state index in [1.54, 1.807) is 23.1 Å². The van der Waals surface area contributed by atoms with Gasteiger partial charge >= 0.3 is 0 Å². The van der Waals surface area contributed by atoms with E-state index in [1.165, 1.54) is 0 Å². The summed E-state index contributed by atoms with van der Waals surface area (Å²) in [5.41, 5.74) is 2.75. The highest BCUT2D eigenvalue weighted by atomic mass is 35.5. The molecule has 0 aromatic heterocycles. The van der Waals surface area contributed by atoms with Gasteiger partial charge in [0.1, 0.15) is 0 Å². The summed E-state index contributed by atoms with van der Waals surface area (Å²) in [6.07, 6.45) is 3.40. The van der Waals surface area contributed by atoms with Crippen LogP contribution in [0.2, 0.25) is 10.0 Å². The standard InChI is InChI=1S/C22H17Cl2NO/c23-19-9-6-18(7-10-19)16-25(21-13-11-20(24)12-14-21)22(26)15-8-17-4-2-1-3-5-17/h1-15H,16H2. The van der Waals surface area contributed by atoms with Crippen molar-refractivity contribution >= 4 is 40.9 Å². The van der Waals surface area contributed by atoms with Gasteiger partial charge in [-0.2, -0.15) is 0 Å². The zero-order valence-electron chi connectivity index (χ0n) is 14.0. The average Bonchev–Trinajstić information content (AvgIpc) is 2.67. The molecule has 0 N–H and O–H groups in total. The van der Waals surface area contributed by atoms with Crippen molar-refractivity contribution < 1.29 is 4.79 Å². The molecule has 0 saturated carbocycles. The van der Waals surface area contributed by atoms with E-state index in [0.29, 0.717) is 16.6 Å². The summed E-state index contributed by atoms with van der Waals surface area (Å²) in [5.74, 6) is -0.105. The van der Waals surface area contributed by atoms with Gasteiger partial charge in [0.15, 0.2) is 0 Å². The first kappa shape index (κ1) is 18.2. The molecular weight excluding hydrogens is 365 g/mol. The van der Waals surface area contributed by atoms with Crippen molar-refractivity contribution in [3.63, 3.8) is 0 Å². The molecule has 2 nitrogen and oxygen atoms in total. The summed E-state index contributed by atoms with van der Waals surface area (Å²) < 4.78 is 0. The lowest BCUT2D eigenvalue weighted by Gasteiger charge is -2.22. The Balaban J connectivity index is 1.86. The molecule has 130 valence electrons. The van der Waals surface area contributed by atoms with E-state index in [2.05, 4.69) is 0 Å². The number of carbonyl (C=O) groups excluding carboxylic acids is 1. The summed E-state index contributed by atoms with van der Waals surface area (Å²) in [4.78, 5) is 14.6. The Morgan fingerprint density at radius 2 is 1.38 bits per heavy atom. The van der Waals surface area contributed by atoms with E-state index in [1.807, 2.05) is 72.8 Å². The van der Waals surface area contributed by atoms with Crippen LogP contribution in [0.1, 0.15) is 11.1 Å². The van der Waals surface area contributed by atoms with E-state index in [4.69, 9.17) is 23.2 Å². The van der Waals surface area contributed by atoms with Crippen molar-refractivity contribution in [2.75, 3.05) is 4.90 Å². The summed E-state index contributed by atoms with van der Waals surface area (Å²) in [6.45, 7) is 0.441. The molecule has 0 aliphatic heterocycles. The largest absolute Gasteiger partial charge is 0.304 e. The van der Waals surface area contributed by atoms with E-state index >= 15 is 0 Å². The maximum atomic E-state index is 12.9. The van der Waals surface area contributed by atoms with Gasteiger partial charge in [-0.3, -0.25) is 4.79 Å². The van der Waals surface area contributed by atoms with E-state index in [-0.39, 0.29) is 5.91 Å². The number of nitrogens with zero attached hydrogens (tertiary/aromatic N) is 1. The summed E-state index contributed by atoms with van der Waals surface area (Å²) in [7, 11) is 0. The van der Waals surface area contributed by atoms with Crippen LogP contribution in [-0.2, 0) is 11.3 Å².